The predicted molar refractivity (Wildman–Crippen MR) is 176 cm³/mol. The van der Waals surface area contributed by atoms with Gasteiger partial charge < -0.3 is 20.1 Å². The monoisotopic (exact) mass is 660 g/mol. The number of nitrogens with zero attached hydrogens (tertiary/aromatic N) is 5. The van der Waals surface area contributed by atoms with Crippen molar-refractivity contribution in [3.05, 3.63) is 47.7 Å². The SMILES string of the molecule is O=C1CCCc2c(F)ccc3cc(O)cc(c23)-c2ncc3c(nc(OCC45CCCN4CC(F)C5)nc3c2F)N2CCCC(CCN1)C2. The Morgan fingerprint density at radius 2 is 1.96 bits per heavy atom. The summed E-state index contributed by atoms with van der Waals surface area (Å²) in [6, 6.07) is 5.78. The second-order valence-corrected chi connectivity index (χ2v) is 13.9. The third kappa shape index (κ3) is 5.57. The number of aryl methyl sites for hydroxylation is 1. The lowest BCUT2D eigenvalue weighted by Crippen LogP contribution is -2.43. The van der Waals surface area contributed by atoms with Gasteiger partial charge in [0.2, 0.25) is 5.91 Å². The largest absolute Gasteiger partial charge is 0.508 e. The number of aromatic nitrogens is 3. The molecule has 1 amide bonds. The van der Waals surface area contributed by atoms with Gasteiger partial charge in [-0.15, -0.1) is 0 Å². The van der Waals surface area contributed by atoms with Crippen LogP contribution in [-0.4, -0.2) is 81.9 Å². The zero-order valence-electron chi connectivity index (χ0n) is 26.8. The van der Waals surface area contributed by atoms with Gasteiger partial charge in [-0.3, -0.25) is 14.7 Å². The van der Waals surface area contributed by atoms with Gasteiger partial charge in [-0.2, -0.15) is 9.97 Å². The van der Waals surface area contributed by atoms with Crippen LogP contribution in [0.3, 0.4) is 0 Å². The number of hydrogen-bond acceptors (Lipinski definition) is 8. The maximum atomic E-state index is 17.0. The molecular formula is C36H39F3N6O3. The quantitative estimate of drug-likeness (QED) is 0.283. The Bertz CT molecular complexity index is 1910. The van der Waals surface area contributed by atoms with Crippen LogP contribution in [-0.2, 0) is 11.2 Å². The van der Waals surface area contributed by atoms with Gasteiger partial charge in [-0.05, 0) is 91.9 Å². The maximum absolute atomic E-state index is 17.0. The number of anilines is 1. The van der Waals surface area contributed by atoms with Gasteiger partial charge in [0.1, 0.15) is 41.4 Å². The smallest absolute Gasteiger partial charge is 0.319 e. The van der Waals surface area contributed by atoms with E-state index < -0.39 is 23.3 Å². The van der Waals surface area contributed by atoms with Crippen LogP contribution in [0.1, 0.15) is 56.9 Å². The standard InChI is InChI=1S/C36H39F3N6O3/c37-23-16-36(10-3-13-45(36)19-23)20-48-35-42-33-27-17-41-32(31(33)39)26-15-24(46)14-22-7-8-28(38)25(30(22)26)5-1-6-29(47)40-11-9-21-4-2-12-44(18-21)34(27)43-35/h7-8,14-15,17,21,23,46H,1-6,9-13,16,18-20H2,(H,40,47). The second kappa shape index (κ2) is 12.4. The number of fused-ring (bicyclic) bond motifs is 8. The van der Waals surface area contributed by atoms with E-state index in [1.54, 1.807) is 12.3 Å². The molecule has 5 aliphatic rings. The number of piperidine rings is 1. The molecule has 0 aliphatic carbocycles. The Balaban J connectivity index is 1.29. The van der Waals surface area contributed by atoms with Crippen molar-refractivity contribution in [1.29, 1.82) is 0 Å². The summed E-state index contributed by atoms with van der Waals surface area (Å²) in [5, 5.41) is 15.1. The number of carbonyl (C=O) groups excluding carboxylic acids is 1. The first kappa shape index (κ1) is 31.1. The van der Waals surface area contributed by atoms with E-state index in [-0.39, 0.29) is 59.8 Å². The molecule has 5 aliphatic heterocycles. The number of carbonyl (C=O) groups is 1. The molecule has 0 saturated carbocycles. The summed E-state index contributed by atoms with van der Waals surface area (Å²) in [6.45, 7) is 3.26. The minimum atomic E-state index is -0.921. The number of phenolic OH excluding ortho intramolecular Hbond substituents is 1. The van der Waals surface area contributed by atoms with Crippen molar-refractivity contribution in [3.63, 3.8) is 0 Å². The van der Waals surface area contributed by atoms with E-state index >= 15 is 8.78 Å². The molecule has 7 heterocycles. The lowest BCUT2D eigenvalue weighted by atomic mass is 9.92. The topological polar surface area (TPSA) is 104 Å². The van der Waals surface area contributed by atoms with E-state index in [9.17, 15) is 14.3 Å². The van der Waals surface area contributed by atoms with Crippen LogP contribution in [0.15, 0.2) is 30.5 Å². The average molecular weight is 661 g/mol. The number of phenols is 1. The number of hydrogen-bond donors (Lipinski definition) is 2. The minimum absolute atomic E-state index is 0.00775. The molecule has 12 heteroatoms. The van der Waals surface area contributed by atoms with Crippen molar-refractivity contribution in [2.24, 2.45) is 5.92 Å². The molecule has 3 saturated heterocycles. The van der Waals surface area contributed by atoms with E-state index in [0.717, 1.165) is 38.6 Å². The summed E-state index contributed by atoms with van der Waals surface area (Å²) in [4.78, 5) is 31.0. The highest BCUT2D eigenvalue weighted by Crippen LogP contribution is 2.42. The minimum Gasteiger partial charge on any atom is -0.508 e. The summed E-state index contributed by atoms with van der Waals surface area (Å²) in [5.74, 6) is -0.641. The molecule has 3 fully saturated rings. The van der Waals surface area contributed by atoms with Crippen molar-refractivity contribution in [2.45, 2.75) is 69.5 Å². The van der Waals surface area contributed by atoms with Crippen molar-refractivity contribution in [2.75, 3.05) is 44.2 Å². The van der Waals surface area contributed by atoms with Gasteiger partial charge in [0, 0.05) is 50.8 Å². The van der Waals surface area contributed by atoms with Crippen LogP contribution >= 0.6 is 0 Å². The number of aromatic hydroxyl groups is 1. The summed E-state index contributed by atoms with van der Waals surface area (Å²) in [7, 11) is 0. The second-order valence-electron chi connectivity index (χ2n) is 13.9. The summed E-state index contributed by atoms with van der Waals surface area (Å²) >= 11 is 0. The van der Waals surface area contributed by atoms with E-state index in [1.165, 1.54) is 18.2 Å². The van der Waals surface area contributed by atoms with Crippen LogP contribution in [0.25, 0.3) is 32.9 Å². The Morgan fingerprint density at radius 3 is 2.85 bits per heavy atom. The number of rotatable bonds is 3. The first-order valence-corrected chi connectivity index (χ1v) is 17.1. The number of ether oxygens (including phenoxy) is 1. The van der Waals surface area contributed by atoms with Crippen LogP contribution in [0.5, 0.6) is 11.8 Å². The van der Waals surface area contributed by atoms with Crippen LogP contribution in [0.2, 0.25) is 0 Å². The molecule has 4 aromatic rings. The molecule has 3 atom stereocenters. The van der Waals surface area contributed by atoms with E-state index in [2.05, 4.69) is 25.1 Å². The van der Waals surface area contributed by atoms with Crippen molar-refractivity contribution in [1.82, 2.24) is 25.2 Å². The van der Waals surface area contributed by atoms with Crippen LogP contribution in [0.4, 0.5) is 19.0 Å². The predicted octanol–water partition coefficient (Wildman–Crippen LogP) is 5.84. The molecule has 2 aromatic heterocycles. The van der Waals surface area contributed by atoms with Crippen molar-refractivity contribution in [3.8, 4) is 23.0 Å². The molecule has 0 radical (unpaired) electrons. The number of amides is 1. The lowest BCUT2D eigenvalue weighted by Gasteiger charge is -2.34. The Kier molecular flexibility index (Phi) is 8.01. The van der Waals surface area contributed by atoms with E-state index in [1.807, 2.05) is 0 Å². The number of alkyl halides is 1. The third-order valence-corrected chi connectivity index (χ3v) is 10.8. The highest BCUT2D eigenvalue weighted by Gasteiger charge is 2.49. The molecule has 48 heavy (non-hydrogen) atoms. The molecule has 252 valence electrons. The number of pyridine rings is 1. The number of benzene rings is 2. The highest BCUT2D eigenvalue weighted by atomic mass is 19.1. The molecule has 9 rings (SSSR count). The molecule has 0 spiro atoms. The molecule has 3 unspecified atom stereocenters. The zero-order valence-corrected chi connectivity index (χ0v) is 26.8. The molecule has 6 bridgehead atoms. The van der Waals surface area contributed by atoms with Gasteiger partial charge in [-0.25, -0.2) is 13.2 Å². The van der Waals surface area contributed by atoms with Gasteiger partial charge in [-0.1, -0.05) is 6.07 Å². The third-order valence-electron chi connectivity index (χ3n) is 10.8. The van der Waals surface area contributed by atoms with Gasteiger partial charge in [0.25, 0.3) is 0 Å². The van der Waals surface area contributed by atoms with Gasteiger partial charge in [0.05, 0.1) is 10.9 Å². The number of halogens is 3. The van der Waals surface area contributed by atoms with Crippen LogP contribution in [0, 0.1) is 17.6 Å². The molecule has 9 nitrogen and oxygen atoms in total. The first-order chi connectivity index (χ1) is 23.3. The Morgan fingerprint density at radius 1 is 1.06 bits per heavy atom. The van der Waals surface area contributed by atoms with E-state index in [0.29, 0.717) is 66.6 Å². The fourth-order valence-electron chi connectivity index (χ4n) is 8.52. The zero-order chi connectivity index (χ0) is 33.0. The van der Waals surface area contributed by atoms with Gasteiger partial charge in [0.15, 0.2) is 5.82 Å². The fourth-order valence-corrected chi connectivity index (χ4v) is 8.52. The molecule has 2 N–H and O–H groups in total. The first-order valence-electron chi connectivity index (χ1n) is 17.1. The van der Waals surface area contributed by atoms with E-state index in [4.69, 9.17) is 9.72 Å². The van der Waals surface area contributed by atoms with Crippen LogP contribution < -0.4 is 15.0 Å². The highest BCUT2D eigenvalue weighted by molar-refractivity contribution is 6.01. The summed E-state index contributed by atoms with van der Waals surface area (Å²) < 4.78 is 53.2. The molecular weight excluding hydrogens is 621 g/mol. The summed E-state index contributed by atoms with van der Waals surface area (Å²) in [5.41, 5.74) is 0.0460. The summed E-state index contributed by atoms with van der Waals surface area (Å²) in [6.07, 6.45) is 6.30. The maximum Gasteiger partial charge on any atom is 0.319 e. The fraction of sp³-hybridized carbons (Fsp3) is 0.500. The van der Waals surface area contributed by atoms with Crippen molar-refractivity contribution < 1.29 is 27.8 Å². The van der Waals surface area contributed by atoms with Crippen molar-refractivity contribution >= 4 is 33.4 Å². The average Bonchev–Trinajstić information content (AvgIpc) is 3.60. The number of nitrogens with one attached hydrogen (secondary N) is 1. The van der Waals surface area contributed by atoms with Gasteiger partial charge >= 0.3 is 6.01 Å². The Labute approximate surface area is 276 Å². The lowest BCUT2D eigenvalue weighted by molar-refractivity contribution is -0.121. The Hall–Kier alpha value is -4.19. The normalized spacial score (nSPS) is 25.0. The molecule has 2 aromatic carbocycles.